The Morgan fingerprint density at radius 1 is 0.941 bits per heavy atom. The summed E-state index contributed by atoms with van der Waals surface area (Å²) in [6.07, 6.45) is 0. The second-order valence-corrected chi connectivity index (χ2v) is 6.21. The van der Waals surface area contributed by atoms with Gasteiger partial charge in [0.25, 0.3) is 0 Å². The topological polar surface area (TPSA) is 0 Å². The zero-order chi connectivity index (χ0) is 12.4. The van der Waals surface area contributed by atoms with Crippen LogP contribution in [0.15, 0.2) is 42.5 Å². The smallest absolute Gasteiger partial charge is 0.0384 e. The molecular formula is C16H20Si. The van der Waals surface area contributed by atoms with E-state index in [2.05, 4.69) is 63.2 Å². The van der Waals surface area contributed by atoms with E-state index in [9.17, 15) is 0 Å². The van der Waals surface area contributed by atoms with Crippen molar-refractivity contribution in [1.82, 2.24) is 0 Å². The molecule has 0 aliphatic heterocycles. The molecule has 2 aromatic rings. The van der Waals surface area contributed by atoms with Gasteiger partial charge in [-0.05, 0) is 35.1 Å². The molecule has 0 fully saturated rings. The van der Waals surface area contributed by atoms with Crippen LogP contribution in [-0.2, 0) is 0 Å². The van der Waals surface area contributed by atoms with Gasteiger partial charge in [-0.15, -0.1) is 0 Å². The molecular weight excluding hydrogens is 220 g/mol. The monoisotopic (exact) mass is 240 g/mol. The maximum atomic E-state index is 2.27. The number of hydrogen-bond acceptors (Lipinski definition) is 0. The van der Waals surface area contributed by atoms with Gasteiger partial charge in [-0.2, -0.15) is 0 Å². The first-order valence-electron chi connectivity index (χ1n) is 6.26. The first-order chi connectivity index (χ1) is 8.09. The molecule has 0 saturated carbocycles. The van der Waals surface area contributed by atoms with E-state index in [0.29, 0.717) is 5.92 Å². The van der Waals surface area contributed by atoms with Crippen LogP contribution in [0, 0.1) is 6.92 Å². The van der Waals surface area contributed by atoms with Crippen molar-refractivity contribution >= 4 is 15.4 Å². The Morgan fingerprint density at radius 3 is 2.18 bits per heavy atom. The molecule has 0 nitrogen and oxygen atoms in total. The largest absolute Gasteiger partial charge is 0.0707 e. The van der Waals surface area contributed by atoms with E-state index in [1.54, 1.807) is 0 Å². The van der Waals surface area contributed by atoms with E-state index in [0.717, 1.165) is 10.2 Å². The van der Waals surface area contributed by atoms with Gasteiger partial charge in [-0.1, -0.05) is 61.5 Å². The highest BCUT2D eigenvalue weighted by molar-refractivity contribution is 6.32. The van der Waals surface area contributed by atoms with Crippen LogP contribution in [0.5, 0.6) is 0 Å². The van der Waals surface area contributed by atoms with Crippen LogP contribution < -0.4 is 5.19 Å². The Kier molecular flexibility index (Phi) is 3.48. The summed E-state index contributed by atoms with van der Waals surface area (Å²) in [6.45, 7) is 6.75. The number of benzene rings is 2. The maximum Gasteiger partial charge on any atom is 0.0384 e. The molecule has 1 heteroatoms. The fourth-order valence-electron chi connectivity index (χ4n) is 2.43. The number of aryl methyl sites for hydroxylation is 1. The SMILES string of the molecule is Cc1cccc(-c2ccc([SiH3])cc2)c1C(C)C. The van der Waals surface area contributed by atoms with Gasteiger partial charge in [0, 0.05) is 10.2 Å². The molecule has 0 atom stereocenters. The second-order valence-electron chi connectivity index (χ2n) is 5.06. The third-order valence-corrected chi connectivity index (χ3v) is 3.93. The van der Waals surface area contributed by atoms with E-state index in [1.165, 1.54) is 27.4 Å². The molecule has 0 spiro atoms. The van der Waals surface area contributed by atoms with Crippen molar-refractivity contribution in [3.05, 3.63) is 53.6 Å². The zero-order valence-electron chi connectivity index (χ0n) is 11.1. The fraction of sp³-hybridized carbons (Fsp3) is 0.250. The highest BCUT2D eigenvalue weighted by atomic mass is 28.1. The van der Waals surface area contributed by atoms with E-state index >= 15 is 0 Å². The minimum atomic E-state index is 0.571. The highest BCUT2D eigenvalue weighted by Crippen LogP contribution is 2.31. The van der Waals surface area contributed by atoms with Gasteiger partial charge >= 0.3 is 0 Å². The van der Waals surface area contributed by atoms with Crippen LogP contribution in [0.3, 0.4) is 0 Å². The summed E-state index contributed by atoms with van der Waals surface area (Å²) in [6, 6.07) is 15.6. The minimum absolute atomic E-state index is 0.571. The first-order valence-corrected chi connectivity index (χ1v) is 7.26. The van der Waals surface area contributed by atoms with Crippen molar-refractivity contribution in [3.63, 3.8) is 0 Å². The van der Waals surface area contributed by atoms with Crippen molar-refractivity contribution in [2.75, 3.05) is 0 Å². The summed E-state index contributed by atoms with van der Waals surface area (Å²) < 4.78 is 0. The van der Waals surface area contributed by atoms with Gasteiger partial charge in [0.2, 0.25) is 0 Å². The van der Waals surface area contributed by atoms with E-state index in [4.69, 9.17) is 0 Å². The molecule has 0 aromatic heterocycles. The Bertz CT molecular complexity index is 510. The molecule has 0 saturated heterocycles. The van der Waals surface area contributed by atoms with Gasteiger partial charge in [0.15, 0.2) is 0 Å². The lowest BCUT2D eigenvalue weighted by Gasteiger charge is -2.16. The Hall–Kier alpha value is -1.34. The van der Waals surface area contributed by atoms with Gasteiger partial charge in [0.1, 0.15) is 0 Å². The molecule has 0 unspecified atom stereocenters. The van der Waals surface area contributed by atoms with Crippen LogP contribution in [0.4, 0.5) is 0 Å². The Morgan fingerprint density at radius 2 is 1.59 bits per heavy atom. The summed E-state index contributed by atoms with van der Waals surface area (Å²) in [5.41, 5.74) is 5.61. The normalized spacial score (nSPS) is 11.1. The third kappa shape index (κ3) is 2.50. The molecule has 0 radical (unpaired) electrons. The molecule has 0 amide bonds. The van der Waals surface area contributed by atoms with Crippen molar-refractivity contribution in [2.45, 2.75) is 26.7 Å². The molecule has 17 heavy (non-hydrogen) atoms. The standard InChI is InChI=1S/C16H20Si/c1-11(2)16-12(3)5-4-6-15(16)13-7-9-14(17)10-8-13/h4-11H,1-3,17H3. The molecule has 0 N–H and O–H groups in total. The van der Waals surface area contributed by atoms with Crippen LogP contribution in [0.2, 0.25) is 0 Å². The lowest BCUT2D eigenvalue weighted by molar-refractivity contribution is 0.859. The quantitative estimate of drug-likeness (QED) is 0.708. The van der Waals surface area contributed by atoms with Crippen molar-refractivity contribution < 1.29 is 0 Å². The molecule has 88 valence electrons. The summed E-state index contributed by atoms with van der Waals surface area (Å²) in [5, 5.41) is 1.45. The predicted octanol–water partition coefficient (Wildman–Crippen LogP) is 2.78. The van der Waals surface area contributed by atoms with Crippen LogP contribution in [0.1, 0.15) is 30.9 Å². The van der Waals surface area contributed by atoms with Gasteiger partial charge in [-0.25, -0.2) is 0 Å². The maximum absolute atomic E-state index is 2.27. The molecule has 2 aromatic carbocycles. The van der Waals surface area contributed by atoms with Gasteiger partial charge in [-0.3, -0.25) is 0 Å². The van der Waals surface area contributed by atoms with Crippen LogP contribution >= 0.6 is 0 Å². The molecule has 0 heterocycles. The number of rotatable bonds is 2. The molecule has 0 bridgehead atoms. The summed E-state index contributed by atoms with van der Waals surface area (Å²) in [7, 11) is 1.13. The molecule has 0 aliphatic carbocycles. The summed E-state index contributed by atoms with van der Waals surface area (Å²) in [5.74, 6) is 0.571. The summed E-state index contributed by atoms with van der Waals surface area (Å²) >= 11 is 0. The zero-order valence-corrected chi connectivity index (χ0v) is 13.1. The lowest BCUT2D eigenvalue weighted by atomic mass is 9.89. The average Bonchev–Trinajstić information content (AvgIpc) is 2.29. The average molecular weight is 240 g/mol. The van der Waals surface area contributed by atoms with Crippen LogP contribution in [-0.4, -0.2) is 10.2 Å². The Labute approximate surface area is 107 Å². The van der Waals surface area contributed by atoms with E-state index in [1.807, 2.05) is 0 Å². The molecule has 0 aliphatic rings. The van der Waals surface area contributed by atoms with Crippen molar-refractivity contribution in [3.8, 4) is 11.1 Å². The van der Waals surface area contributed by atoms with Gasteiger partial charge < -0.3 is 0 Å². The first kappa shape index (κ1) is 12.1. The minimum Gasteiger partial charge on any atom is -0.0707 e. The summed E-state index contributed by atoms with van der Waals surface area (Å²) in [4.78, 5) is 0. The third-order valence-electron chi connectivity index (χ3n) is 3.26. The second kappa shape index (κ2) is 4.88. The predicted molar refractivity (Wildman–Crippen MR) is 80.3 cm³/mol. The van der Waals surface area contributed by atoms with Crippen molar-refractivity contribution in [2.24, 2.45) is 0 Å². The van der Waals surface area contributed by atoms with Crippen molar-refractivity contribution in [1.29, 1.82) is 0 Å². The van der Waals surface area contributed by atoms with Crippen LogP contribution in [0.25, 0.3) is 11.1 Å². The van der Waals surface area contributed by atoms with E-state index in [-0.39, 0.29) is 0 Å². The Balaban J connectivity index is 2.59. The van der Waals surface area contributed by atoms with Gasteiger partial charge in [0.05, 0.1) is 0 Å². The molecule has 2 rings (SSSR count). The number of hydrogen-bond donors (Lipinski definition) is 0. The fourth-order valence-corrected chi connectivity index (χ4v) is 2.77. The highest BCUT2D eigenvalue weighted by Gasteiger charge is 2.10. The lowest BCUT2D eigenvalue weighted by Crippen LogP contribution is -2.01. The van der Waals surface area contributed by atoms with E-state index < -0.39 is 0 Å².